The molecule has 0 spiro atoms. The van der Waals surface area contributed by atoms with Crippen LogP contribution in [0, 0.1) is 16.0 Å². The molecule has 0 bridgehead atoms. The molecule has 1 aromatic heterocycles. The molecule has 2 heterocycles. The van der Waals surface area contributed by atoms with Crippen molar-refractivity contribution >= 4 is 27.3 Å². The maximum atomic E-state index is 11.1. The zero-order valence-corrected chi connectivity index (χ0v) is 12.0. The molecule has 2 rings (SSSR count). The van der Waals surface area contributed by atoms with E-state index in [9.17, 15) is 10.1 Å². The Balaban J connectivity index is 2.28. The van der Waals surface area contributed by atoms with Gasteiger partial charge in [0, 0.05) is 25.9 Å². The van der Waals surface area contributed by atoms with E-state index in [0.717, 1.165) is 32.4 Å². The Bertz CT molecular complexity index is 468. The summed E-state index contributed by atoms with van der Waals surface area (Å²) in [5, 5.41) is 20.1. The molecule has 1 N–H and O–H groups in total. The number of halogens is 1. The molecule has 104 valence electrons. The van der Waals surface area contributed by atoms with E-state index in [2.05, 4.69) is 20.9 Å². The Morgan fingerprint density at radius 1 is 1.58 bits per heavy atom. The zero-order chi connectivity index (χ0) is 13.8. The highest BCUT2D eigenvalue weighted by molar-refractivity contribution is 9.10. The summed E-state index contributed by atoms with van der Waals surface area (Å²) in [7, 11) is 0. The first kappa shape index (κ1) is 14.2. The molecule has 0 amide bonds. The number of anilines is 1. The number of nitro groups is 1. The van der Waals surface area contributed by atoms with Gasteiger partial charge in [-0.1, -0.05) is 0 Å². The van der Waals surface area contributed by atoms with Gasteiger partial charge < -0.3 is 10.0 Å². The van der Waals surface area contributed by atoms with E-state index in [1.54, 1.807) is 6.20 Å². The van der Waals surface area contributed by atoms with E-state index >= 15 is 0 Å². The molecular weight excluding hydrogens is 314 g/mol. The highest BCUT2D eigenvalue weighted by Crippen LogP contribution is 2.37. The standard InChI is InChI=1S/C12H16BrN3O3/c13-10-6-14-7-11(16(18)19)12(10)15-4-1-2-9(8-15)3-5-17/h6-7,9,17H,1-5,8H2. The van der Waals surface area contributed by atoms with Crippen molar-refractivity contribution < 1.29 is 10.0 Å². The third kappa shape index (κ3) is 3.22. The van der Waals surface area contributed by atoms with Crippen molar-refractivity contribution in [1.82, 2.24) is 4.98 Å². The molecule has 0 aromatic carbocycles. The van der Waals surface area contributed by atoms with Gasteiger partial charge in [-0.2, -0.15) is 0 Å². The van der Waals surface area contributed by atoms with E-state index in [1.807, 2.05) is 4.90 Å². The summed E-state index contributed by atoms with van der Waals surface area (Å²) in [6.07, 6.45) is 5.66. The van der Waals surface area contributed by atoms with Crippen LogP contribution in [-0.2, 0) is 0 Å². The molecule has 0 aliphatic carbocycles. The highest BCUT2D eigenvalue weighted by Gasteiger charge is 2.27. The summed E-state index contributed by atoms with van der Waals surface area (Å²) >= 11 is 3.35. The fourth-order valence-corrected chi connectivity index (χ4v) is 3.12. The predicted molar refractivity (Wildman–Crippen MR) is 75.2 cm³/mol. The third-order valence-electron chi connectivity index (χ3n) is 3.42. The third-order valence-corrected chi connectivity index (χ3v) is 4.00. The summed E-state index contributed by atoms with van der Waals surface area (Å²) in [5.74, 6) is 0.387. The van der Waals surface area contributed by atoms with Crippen molar-refractivity contribution in [3.63, 3.8) is 0 Å². The molecule has 1 unspecified atom stereocenters. The maximum Gasteiger partial charge on any atom is 0.311 e. The first-order valence-electron chi connectivity index (χ1n) is 6.27. The molecule has 1 fully saturated rings. The minimum Gasteiger partial charge on any atom is -0.396 e. The molecule has 1 aliphatic heterocycles. The molecular formula is C12H16BrN3O3. The number of aliphatic hydroxyl groups excluding tert-OH is 1. The van der Waals surface area contributed by atoms with Gasteiger partial charge in [0.25, 0.3) is 0 Å². The van der Waals surface area contributed by atoms with Gasteiger partial charge in [-0.3, -0.25) is 15.1 Å². The smallest absolute Gasteiger partial charge is 0.311 e. The molecule has 1 aromatic rings. The lowest BCUT2D eigenvalue weighted by Gasteiger charge is -2.34. The highest BCUT2D eigenvalue weighted by atomic mass is 79.9. The lowest BCUT2D eigenvalue weighted by molar-refractivity contribution is -0.384. The van der Waals surface area contributed by atoms with Crippen molar-refractivity contribution in [2.75, 3.05) is 24.6 Å². The molecule has 1 atom stereocenters. The van der Waals surface area contributed by atoms with Gasteiger partial charge in [-0.05, 0) is 41.1 Å². The van der Waals surface area contributed by atoms with Gasteiger partial charge in [-0.25, -0.2) is 0 Å². The Morgan fingerprint density at radius 2 is 2.37 bits per heavy atom. The van der Waals surface area contributed by atoms with Crippen molar-refractivity contribution in [3.8, 4) is 0 Å². The lowest BCUT2D eigenvalue weighted by Crippen LogP contribution is -2.36. The Kier molecular flexibility index (Phi) is 4.71. The summed E-state index contributed by atoms with van der Waals surface area (Å²) in [5.41, 5.74) is 0.627. The SMILES string of the molecule is O=[N+]([O-])c1cncc(Br)c1N1CCCC(CCO)C1. The first-order chi connectivity index (χ1) is 9.13. The van der Waals surface area contributed by atoms with Crippen LogP contribution in [0.25, 0.3) is 0 Å². The predicted octanol–water partition coefficient (Wildman–Crippen LogP) is 2.35. The van der Waals surface area contributed by atoms with E-state index in [-0.39, 0.29) is 12.3 Å². The molecule has 1 saturated heterocycles. The minimum atomic E-state index is -0.400. The van der Waals surface area contributed by atoms with Gasteiger partial charge in [-0.15, -0.1) is 0 Å². The second-order valence-corrected chi connectivity index (χ2v) is 5.57. The molecule has 7 heteroatoms. The topological polar surface area (TPSA) is 79.5 Å². The Hall–Kier alpha value is -1.21. The number of aliphatic hydroxyl groups is 1. The maximum absolute atomic E-state index is 11.1. The molecule has 19 heavy (non-hydrogen) atoms. The number of pyridine rings is 1. The van der Waals surface area contributed by atoms with Crippen LogP contribution in [0.3, 0.4) is 0 Å². The number of nitrogens with zero attached hydrogens (tertiary/aromatic N) is 3. The quantitative estimate of drug-likeness (QED) is 0.677. The fourth-order valence-electron chi connectivity index (χ4n) is 2.55. The van der Waals surface area contributed by atoms with Crippen LogP contribution in [0.15, 0.2) is 16.9 Å². The number of rotatable bonds is 4. The summed E-state index contributed by atoms with van der Waals surface area (Å²) < 4.78 is 0.645. The van der Waals surface area contributed by atoms with Gasteiger partial charge in [0.15, 0.2) is 0 Å². The van der Waals surface area contributed by atoms with Crippen LogP contribution in [0.5, 0.6) is 0 Å². The van der Waals surface area contributed by atoms with Gasteiger partial charge in [0.2, 0.25) is 0 Å². The van der Waals surface area contributed by atoms with Crippen molar-refractivity contribution in [2.24, 2.45) is 5.92 Å². The van der Waals surface area contributed by atoms with Crippen LogP contribution in [0.4, 0.5) is 11.4 Å². The van der Waals surface area contributed by atoms with Crippen LogP contribution in [0.2, 0.25) is 0 Å². The van der Waals surface area contributed by atoms with Crippen LogP contribution in [0.1, 0.15) is 19.3 Å². The van der Waals surface area contributed by atoms with Crippen molar-refractivity contribution in [1.29, 1.82) is 0 Å². The second kappa shape index (κ2) is 6.29. The van der Waals surface area contributed by atoms with Crippen LogP contribution >= 0.6 is 15.9 Å². The van der Waals surface area contributed by atoms with E-state index in [1.165, 1.54) is 6.20 Å². The lowest BCUT2D eigenvalue weighted by atomic mass is 9.95. The molecule has 1 aliphatic rings. The Morgan fingerprint density at radius 3 is 3.05 bits per heavy atom. The van der Waals surface area contributed by atoms with Gasteiger partial charge in [0.1, 0.15) is 11.9 Å². The zero-order valence-electron chi connectivity index (χ0n) is 10.5. The molecule has 0 saturated carbocycles. The summed E-state index contributed by atoms with van der Waals surface area (Å²) in [6.45, 7) is 1.70. The first-order valence-corrected chi connectivity index (χ1v) is 7.06. The Labute approximate surface area is 119 Å². The monoisotopic (exact) mass is 329 g/mol. The van der Waals surface area contributed by atoms with Crippen molar-refractivity contribution in [3.05, 3.63) is 27.0 Å². The van der Waals surface area contributed by atoms with Gasteiger partial charge >= 0.3 is 5.69 Å². The minimum absolute atomic E-state index is 0.0269. The average molecular weight is 330 g/mol. The molecule has 0 radical (unpaired) electrons. The number of hydrogen-bond acceptors (Lipinski definition) is 5. The molecule has 6 nitrogen and oxygen atoms in total. The van der Waals surface area contributed by atoms with E-state index < -0.39 is 4.92 Å². The number of aromatic nitrogens is 1. The average Bonchev–Trinajstić information content (AvgIpc) is 2.39. The second-order valence-electron chi connectivity index (χ2n) is 4.71. The fraction of sp³-hybridized carbons (Fsp3) is 0.583. The van der Waals surface area contributed by atoms with E-state index in [0.29, 0.717) is 16.1 Å². The summed E-state index contributed by atoms with van der Waals surface area (Å²) in [4.78, 5) is 16.6. The van der Waals surface area contributed by atoms with Crippen LogP contribution in [-0.4, -0.2) is 34.7 Å². The van der Waals surface area contributed by atoms with Crippen molar-refractivity contribution in [2.45, 2.75) is 19.3 Å². The number of hydrogen-bond donors (Lipinski definition) is 1. The van der Waals surface area contributed by atoms with E-state index in [4.69, 9.17) is 5.11 Å². The largest absolute Gasteiger partial charge is 0.396 e. The normalized spacial score (nSPS) is 19.5. The summed E-state index contributed by atoms with van der Waals surface area (Å²) in [6, 6.07) is 0. The van der Waals surface area contributed by atoms with Gasteiger partial charge in [0.05, 0.1) is 9.40 Å². The van der Waals surface area contributed by atoms with Crippen LogP contribution < -0.4 is 4.90 Å². The number of piperidine rings is 1.